The second-order valence-electron chi connectivity index (χ2n) is 7.27. The van der Waals surface area contributed by atoms with E-state index in [4.69, 9.17) is 4.74 Å². The fraction of sp³-hybridized carbons (Fsp3) is 0.455. The van der Waals surface area contributed by atoms with Gasteiger partial charge in [0.25, 0.3) is 0 Å². The molecule has 0 heterocycles. The molecule has 3 atom stereocenters. The smallest absolute Gasteiger partial charge is 0.0717 e. The van der Waals surface area contributed by atoms with E-state index in [1.807, 2.05) is 0 Å². The van der Waals surface area contributed by atoms with Crippen LogP contribution in [0.5, 0.6) is 0 Å². The standard InChI is InChI=1S/C22H26O/c1-2-6-20-15-18(9-10-19(20)5-1)16-23-12-4-3-7-21-13-17-8-11-22(21)14-17/h1-2,5-6,8-11,15,17,21-22H,3-4,7,12-14,16H2. The van der Waals surface area contributed by atoms with Crippen molar-refractivity contribution in [1.82, 2.24) is 0 Å². The summed E-state index contributed by atoms with van der Waals surface area (Å²) in [5.41, 5.74) is 1.28. The summed E-state index contributed by atoms with van der Waals surface area (Å²) in [7, 11) is 0. The molecule has 2 aliphatic rings. The Bertz CT molecular complexity index is 687. The summed E-state index contributed by atoms with van der Waals surface area (Å²) < 4.78 is 5.88. The fourth-order valence-electron chi connectivity index (χ4n) is 4.36. The molecule has 4 rings (SSSR count). The van der Waals surface area contributed by atoms with Gasteiger partial charge < -0.3 is 4.74 Å². The minimum Gasteiger partial charge on any atom is -0.377 e. The molecule has 120 valence electrons. The van der Waals surface area contributed by atoms with Gasteiger partial charge in [-0.25, -0.2) is 0 Å². The molecule has 2 aliphatic carbocycles. The van der Waals surface area contributed by atoms with Crippen molar-refractivity contribution in [3.05, 3.63) is 60.2 Å². The van der Waals surface area contributed by atoms with Crippen molar-refractivity contribution in [2.24, 2.45) is 17.8 Å². The summed E-state index contributed by atoms with van der Waals surface area (Å²) in [4.78, 5) is 0. The molecule has 1 saturated carbocycles. The van der Waals surface area contributed by atoms with E-state index in [-0.39, 0.29) is 0 Å². The van der Waals surface area contributed by atoms with Crippen LogP contribution in [0.15, 0.2) is 54.6 Å². The minimum absolute atomic E-state index is 0.738. The van der Waals surface area contributed by atoms with Crippen LogP contribution >= 0.6 is 0 Å². The number of allylic oxidation sites excluding steroid dienone is 2. The van der Waals surface area contributed by atoms with E-state index >= 15 is 0 Å². The molecule has 0 amide bonds. The molecule has 0 saturated heterocycles. The van der Waals surface area contributed by atoms with E-state index in [0.717, 1.165) is 31.0 Å². The molecule has 1 heteroatoms. The maximum atomic E-state index is 5.88. The molecule has 23 heavy (non-hydrogen) atoms. The Balaban J connectivity index is 1.16. The van der Waals surface area contributed by atoms with Gasteiger partial charge in [0.2, 0.25) is 0 Å². The zero-order chi connectivity index (χ0) is 15.5. The third kappa shape index (κ3) is 3.50. The molecule has 0 aliphatic heterocycles. The predicted molar refractivity (Wildman–Crippen MR) is 96.3 cm³/mol. The Labute approximate surface area is 139 Å². The minimum atomic E-state index is 0.738. The average molecular weight is 306 g/mol. The summed E-state index contributed by atoms with van der Waals surface area (Å²) >= 11 is 0. The molecule has 2 bridgehead atoms. The van der Waals surface area contributed by atoms with Crippen molar-refractivity contribution in [3.8, 4) is 0 Å². The zero-order valence-electron chi connectivity index (χ0n) is 13.8. The van der Waals surface area contributed by atoms with Gasteiger partial charge in [-0.15, -0.1) is 0 Å². The summed E-state index contributed by atoms with van der Waals surface area (Å²) in [6.07, 6.45) is 11.7. The highest BCUT2D eigenvalue weighted by Crippen LogP contribution is 2.45. The highest BCUT2D eigenvalue weighted by atomic mass is 16.5. The lowest BCUT2D eigenvalue weighted by Crippen LogP contribution is -2.07. The summed E-state index contributed by atoms with van der Waals surface area (Å²) in [6, 6.07) is 15.1. The van der Waals surface area contributed by atoms with Crippen LogP contribution < -0.4 is 0 Å². The fourth-order valence-corrected chi connectivity index (χ4v) is 4.36. The largest absolute Gasteiger partial charge is 0.377 e. The van der Waals surface area contributed by atoms with E-state index in [1.165, 1.54) is 48.4 Å². The third-order valence-electron chi connectivity index (χ3n) is 5.61. The molecular weight excluding hydrogens is 280 g/mol. The maximum Gasteiger partial charge on any atom is 0.0717 e. The van der Waals surface area contributed by atoms with Gasteiger partial charge in [0.1, 0.15) is 0 Å². The number of hydrogen-bond donors (Lipinski definition) is 0. The van der Waals surface area contributed by atoms with Crippen molar-refractivity contribution in [1.29, 1.82) is 0 Å². The quantitative estimate of drug-likeness (QED) is 0.468. The SMILES string of the molecule is C1=CC2CC1CC2CCCCOCc1ccc2ccccc2c1. The van der Waals surface area contributed by atoms with Crippen LogP contribution in [0.25, 0.3) is 10.8 Å². The van der Waals surface area contributed by atoms with Crippen LogP contribution in [0.1, 0.15) is 37.7 Å². The van der Waals surface area contributed by atoms with Crippen molar-refractivity contribution < 1.29 is 4.74 Å². The first-order valence-electron chi connectivity index (χ1n) is 9.12. The van der Waals surface area contributed by atoms with Crippen molar-refractivity contribution in [3.63, 3.8) is 0 Å². The monoisotopic (exact) mass is 306 g/mol. The molecule has 1 fully saturated rings. The summed E-state index contributed by atoms with van der Waals surface area (Å²) in [5, 5.41) is 2.61. The van der Waals surface area contributed by atoms with Crippen LogP contribution in [0.3, 0.4) is 0 Å². The second-order valence-corrected chi connectivity index (χ2v) is 7.27. The highest BCUT2D eigenvalue weighted by molar-refractivity contribution is 5.82. The lowest BCUT2D eigenvalue weighted by molar-refractivity contribution is 0.115. The zero-order valence-corrected chi connectivity index (χ0v) is 13.8. The molecule has 0 radical (unpaired) electrons. The Hall–Kier alpha value is -1.60. The Morgan fingerprint density at radius 2 is 1.83 bits per heavy atom. The Morgan fingerprint density at radius 1 is 0.913 bits per heavy atom. The van der Waals surface area contributed by atoms with Gasteiger partial charge in [-0.1, -0.05) is 55.0 Å². The normalized spacial score (nSPS) is 25.5. The maximum absolute atomic E-state index is 5.88. The topological polar surface area (TPSA) is 9.23 Å². The Morgan fingerprint density at radius 3 is 2.65 bits per heavy atom. The number of benzene rings is 2. The van der Waals surface area contributed by atoms with Crippen LogP contribution in [0.4, 0.5) is 0 Å². The van der Waals surface area contributed by atoms with Gasteiger partial charge in [-0.05, 0) is 65.8 Å². The molecule has 0 spiro atoms. The highest BCUT2D eigenvalue weighted by Gasteiger charge is 2.34. The van der Waals surface area contributed by atoms with Crippen molar-refractivity contribution >= 4 is 10.8 Å². The first-order chi connectivity index (χ1) is 11.4. The van der Waals surface area contributed by atoms with E-state index in [1.54, 1.807) is 0 Å². The first kappa shape index (κ1) is 15.0. The second kappa shape index (κ2) is 6.88. The molecule has 2 aromatic carbocycles. The molecule has 3 unspecified atom stereocenters. The Kier molecular flexibility index (Phi) is 4.48. The summed E-state index contributed by atoms with van der Waals surface area (Å²) in [5.74, 6) is 2.78. The van der Waals surface area contributed by atoms with E-state index in [0.29, 0.717) is 0 Å². The van der Waals surface area contributed by atoms with Crippen molar-refractivity contribution in [2.75, 3.05) is 6.61 Å². The summed E-state index contributed by atoms with van der Waals surface area (Å²) in [6.45, 7) is 1.63. The van der Waals surface area contributed by atoms with Gasteiger partial charge in [-0.2, -0.15) is 0 Å². The third-order valence-corrected chi connectivity index (χ3v) is 5.61. The number of rotatable bonds is 7. The van der Waals surface area contributed by atoms with Crippen molar-refractivity contribution in [2.45, 2.75) is 38.7 Å². The van der Waals surface area contributed by atoms with Crippen LogP contribution in [-0.4, -0.2) is 6.61 Å². The molecule has 0 N–H and O–H groups in total. The number of ether oxygens (including phenoxy) is 1. The van der Waals surface area contributed by atoms with E-state index in [9.17, 15) is 0 Å². The molecule has 0 aromatic heterocycles. The number of fused-ring (bicyclic) bond motifs is 3. The van der Waals surface area contributed by atoms with Gasteiger partial charge in [0.05, 0.1) is 6.61 Å². The lowest BCUT2D eigenvalue weighted by Gasteiger charge is -2.17. The lowest BCUT2D eigenvalue weighted by atomic mass is 9.89. The number of unbranched alkanes of at least 4 members (excludes halogenated alkanes) is 1. The van der Waals surface area contributed by atoms with Gasteiger partial charge >= 0.3 is 0 Å². The molecule has 2 aromatic rings. The predicted octanol–water partition coefficient (Wildman–Crippen LogP) is 5.74. The van der Waals surface area contributed by atoms with E-state index in [2.05, 4.69) is 54.6 Å². The van der Waals surface area contributed by atoms with Gasteiger partial charge in [-0.3, -0.25) is 0 Å². The van der Waals surface area contributed by atoms with E-state index < -0.39 is 0 Å². The van der Waals surface area contributed by atoms with Gasteiger partial charge in [0, 0.05) is 6.61 Å². The van der Waals surface area contributed by atoms with Crippen LogP contribution in [0.2, 0.25) is 0 Å². The van der Waals surface area contributed by atoms with Crippen LogP contribution in [0, 0.1) is 17.8 Å². The molecular formula is C22H26O. The van der Waals surface area contributed by atoms with Gasteiger partial charge in [0.15, 0.2) is 0 Å². The molecule has 1 nitrogen and oxygen atoms in total. The first-order valence-corrected chi connectivity index (χ1v) is 9.12. The van der Waals surface area contributed by atoms with Crippen LogP contribution in [-0.2, 0) is 11.3 Å². The average Bonchev–Trinajstić information content (AvgIpc) is 3.21. The number of hydrogen-bond acceptors (Lipinski definition) is 1.